The van der Waals surface area contributed by atoms with E-state index in [0.717, 1.165) is 0 Å². The summed E-state index contributed by atoms with van der Waals surface area (Å²) in [6.07, 6.45) is 0.986. The van der Waals surface area contributed by atoms with Crippen molar-refractivity contribution in [3.63, 3.8) is 0 Å². The summed E-state index contributed by atoms with van der Waals surface area (Å²) in [5.74, 6) is -0.528. The Balaban J connectivity index is 4.10. The molecule has 13 heavy (non-hydrogen) atoms. The molecule has 76 valence electrons. The normalized spacial score (nSPS) is 11.1. The molecule has 4 heteroatoms. The maximum atomic E-state index is 11.4. The number of carbonyl (C=O) groups is 2. The third kappa shape index (κ3) is 4.62. The van der Waals surface area contributed by atoms with Gasteiger partial charge in [0.25, 0.3) is 0 Å². The van der Waals surface area contributed by atoms with Crippen LogP contribution in [0.15, 0.2) is 0 Å². The quantitative estimate of drug-likeness (QED) is 0.641. The van der Waals surface area contributed by atoms with Crippen molar-refractivity contribution >= 4 is 11.8 Å². The second kappa shape index (κ2) is 4.97. The fraction of sp³-hybridized carbons (Fsp3) is 0.778. The molecule has 2 N–H and O–H groups in total. The molecule has 4 nitrogen and oxygen atoms in total. The number of carbonyl (C=O) groups excluding carboxylic acids is 2. The number of ether oxygens (including phenoxy) is 1. The number of esters is 1. The maximum Gasteiger partial charge on any atom is 0.303 e. The van der Waals surface area contributed by atoms with Crippen molar-refractivity contribution in [1.29, 1.82) is 0 Å². The summed E-state index contributed by atoms with van der Waals surface area (Å²) < 4.78 is 4.87. The lowest BCUT2D eigenvalue weighted by Crippen LogP contribution is -2.36. The minimum Gasteiger partial charge on any atom is -0.452 e. The van der Waals surface area contributed by atoms with Crippen LogP contribution in [0.25, 0.3) is 0 Å². The number of rotatable bonds is 5. The Morgan fingerprint density at radius 2 is 1.92 bits per heavy atom. The zero-order valence-electron chi connectivity index (χ0n) is 8.42. The van der Waals surface area contributed by atoms with Crippen molar-refractivity contribution in [1.82, 2.24) is 0 Å². The molecule has 0 radical (unpaired) electrons. The van der Waals surface area contributed by atoms with E-state index in [2.05, 4.69) is 0 Å². The van der Waals surface area contributed by atoms with Gasteiger partial charge in [-0.3, -0.25) is 9.59 Å². The van der Waals surface area contributed by atoms with Crippen molar-refractivity contribution in [2.75, 3.05) is 6.54 Å². The van der Waals surface area contributed by atoms with E-state index in [-0.39, 0.29) is 5.78 Å². The van der Waals surface area contributed by atoms with E-state index in [4.69, 9.17) is 10.5 Å². The second-order valence-electron chi connectivity index (χ2n) is 3.42. The van der Waals surface area contributed by atoms with Crippen LogP contribution < -0.4 is 5.73 Å². The topological polar surface area (TPSA) is 69.4 Å². The van der Waals surface area contributed by atoms with Gasteiger partial charge in [0.15, 0.2) is 11.4 Å². The molecule has 0 aromatic rings. The molecule has 0 amide bonds. The van der Waals surface area contributed by atoms with Gasteiger partial charge in [-0.2, -0.15) is 0 Å². The zero-order chi connectivity index (χ0) is 10.5. The fourth-order valence-corrected chi connectivity index (χ4v) is 0.980. The average Bonchev–Trinajstić information content (AvgIpc) is 1.97. The summed E-state index contributed by atoms with van der Waals surface area (Å²) in [5.41, 5.74) is 4.25. The van der Waals surface area contributed by atoms with E-state index in [1.54, 1.807) is 13.8 Å². The number of hydrogen-bond donors (Lipinski definition) is 1. The molecule has 0 aliphatic heterocycles. The molecule has 0 aliphatic carbocycles. The largest absolute Gasteiger partial charge is 0.452 e. The van der Waals surface area contributed by atoms with Crippen molar-refractivity contribution in [3.8, 4) is 0 Å². The smallest absolute Gasteiger partial charge is 0.303 e. The van der Waals surface area contributed by atoms with Crippen LogP contribution in [0.1, 0.15) is 33.6 Å². The van der Waals surface area contributed by atoms with Crippen LogP contribution in [0.3, 0.4) is 0 Å². The SMILES string of the molecule is CC(=O)OC(C)(C)C(=O)CCCN. The van der Waals surface area contributed by atoms with E-state index in [9.17, 15) is 9.59 Å². The van der Waals surface area contributed by atoms with Gasteiger partial charge in [-0.05, 0) is 26.8 Å². The number of nitrogens with two attached hydrogens (primary N) is 1. The number of hydrogen-bond acceptors (Lipinski definition) is 4. The first-order valence-corrected chi connectivity index (χ1v) is 4.33. The van der Waals surface area contributed by atoms with Crippen LogP contribution in [0.5, 0.6) is 0 Å². The molecule has 0 heterocycles. The minimum atomic E-state index is -1.01. The highest BCUT2D eigenvalue weighted by molar-refractivity contribution is 5.88. The van der Waals surface area contributed by atoms with Gasteiger partial charge >= 0.3 is 5.97 Å². The van der Waals surface area contributed by atoms with E-state index in [0.29, 0.717) is 19.4 Å². The van der Waals surface area contributed by atoms with E-state index in [1.807, 2.05) is 0 Å². The van der Waals surface area contributed by atoms with Crippen LogP contribution in [0.4, 0.5) is 0 Å². The van der Waals surface area contributed by atoms with Crippen molar-refractivity contribution in [2.45, 2.75) is 39.2 Å². The van der Waals surface area contributed by atoms with Crippen molar-refractivity contribution in [2.24, 2.45) is 5.73 Å². The highest BCUT2D eigenvalue weighted by atomic mass is 16.6. The molecule has 0 bridgehead atoms. The number of Topliss-reactive ketones (excluding diaryl/α,β-unsaturated/α-hetero) is 1. The fourth-order valence-electron chi connectivity index (χ4n) is 0.980. The van der Waals surface area contributed by atoms with Gasteiger partial charge in [-0.25, -0.2) is 0 Å². The summed E-state index contributed by atoms with van der Waals surface area (Å²) in [7, 11) is 0. The average molecular weight is 187 g/mol. The standard InChI is InChI=1S/C9H17NO3/c1-7(11)13-9(2,3)8(12)5-4-6-10/h4-6,10H2,1-3H3. The molecular weight excluding hydrogens is 170 g/mol. The predicted molar refractivity (Wildman–Crippen MR) is 49.1 cm³/mol. The van der Waals surface area contributed by atoms with Gasteiger partial charge in [-0.1, -0.05) is 0 Å². The monoisotopic (exact) mass is 187 g/mol. The Labute approximate surface area is 78.4 Å². The Bertz CT molecular complexity index is 199. The van der Waals surface area contributed by atoms with E-state index in [1.165, 1.54) is 6.92 Å². The molecule has 0 saturated heterocycles. The summed E-state index contributed by atoms with van der Waals surface area (Å²) in [5, 5.41) is 0. The van der Waals surface area contributed by atoms with Crippen LogP contribution >= 0.6 is 0 Å². The van der Waals surface area contributed by atoms with Gasteiger partial charge in [-0.15, -0.1) is 0 Å². The Hall–Kier alpha value is -0.900. The third-order valence-electron chi connectivity index (χ3n) is 1.68. The minimum absolute atomic E-state index is 0.0897. The molecule has 0 aromatic carbocycles. The van der Waals surface area contributed by atoms with Gasteiger partial charge in [0, 0.05) is 13.3 Å². The second-order valence-corrected chi connectivity index (χ2v) is 3.42. The molecular formula is C9H17NO3. The van der Waals surface area contributed by atoms with Crippen LogP contribution in [0, 0.1) is 0 Å². The summed E-state index contributed by atoms with van der Waals surface area (Å²) in [4.78, 5) is 22.1. The summed E-state index contributed by atoms with van der Waals surface area (Å²) in [6.45, 7) is 4.94. The first-order valence-electron chi connectivity index (χ1n) is 4.33. The van der Waals surface area contributed by atoms with Crippen LogP contribution in [-0.4, -0.2) is 23.9 Å². The lowest BCUT2D eigenvalue weighted by Gasteiger charge is -2.22. The van der Waals surface area contributed by atoms with Crippen LogP contribution in [0.2, 0.25) is 0 Å². The Morgan fingerprint density at radius 1 is 1.38 bits per heavy atom. The first kappa shape index (κ1) is 12.1. The Morgan fingerprint density at radius 3 is 2.31 bits per heavy atom. The molecule has 0 atom stereocenters. The molecule has 0 aromatic heterocycles. The maximum absolute atomic E-state index is 11.4. The highest BCUT2D eigenvalue weighted by Crippen LogP contribution is 2.13. The number of ketones is 1. The molecule has 0 unspecified atom stereocenters. The predicted octanol–water partition coefficient (Wildman–Crippen LogP) is 0.636. The Kier molecular flexibility index (Phi) is 4.62. The summed E-state index contributed by atoms with van der Waals surface area (Å²) in [6, 6.07) is 0. The molecule has 0 aliphatic rings. The highest BCUT2D eigenvalue weighted by Gasteiger charge is 2.29. The third-order valence-corrected chi connectivity index (χ3v) is 1.68. The molecule has 0 spiro atoms. The van der Waals surface area contributed by atoms with Crippen molar-refractivity contribution < 1.29 is 14.3 Å². The first-order chi connectivity index (χ1) is 5.90. The lowest BCUT2D eigenvalue weighted by molar-refractivity contribution is -0.161. The molecule has 0 fully saturated rings. The van der Waals surface area contributed by atoms with Crippen LogP contribution in [-0.2, 0) is 14.3 Å². The zero-order valence-corrected chi connectivity index (χ0v) is 8.42. The lowest BCUT2D eigenvalue weighted by atomic mass is 9.99. The van der Waals surface area contributed by atoms with Gasteiger partial charge in [0.2, 0.25) is 0 Å². The van der Waals surface area contributed by atoms with E-state index >= 15 is 0 Å². The van der Waals surface area contributed by atoms with Gasteiger partial charge in [0.05, 0.1) is 0 Å². The van der Waals surface area contributed by atoms with Gasteiger partial charge in [0.1, 0.15) is 0 Å². The summed E-state index contributed by atoms with van der Waals surface area (Å²) >= 11 is 0. The molecule has 0 rings (SSSR count). The molecule has 0 saturated carbocycles. The van der Waals surface area contributed by atoms with Crippen molar-refractivity contribution in [3.05, 3.63) is 0 Å². The van der Waals surface area contributed by atoms with E-state index < -0.39 is 11.6 Å². The van der Waals surface area contributed by atoms with Gasteiger partial charge < -0.3 is 10.5 Å².